The van der Waals surface area contributed by atoms with Gasteiger partial charge in [-0.05, 0) is 50.2 Å². The van der Waals surface area contributed by atoms with Crippen LogP contribution in [-0.2, 0) is 10.0 Å². The molecule has 20 heavy (non-hydrogen) atoms. The van der Waals surface area contributed by atoms with Crippen molar-refractivity contribution in [3.8, 4) is 6.07 Å². The topological polar surface area (TPSA) is 70.0 Å². The van der Waals surface area contributed by atoms with Crippen LogP contribution >= 0.6 is 22.9 Å². The normalized spacial score (nSPS) is 27.2. The molecule has 1 aromatic heterocycles. The van der Waals surface area contributed by atoms with Crippen LogP contribution in [0.25, 0.3) is 0 Å². The summed E-state index contributed by atoms with van der Waals surface area (Å²) in [5, 5.41) is 9.40. The molecular formula is C13H17ClN2O2S2. The van der Waals surface area contributed by atoms with Gasteiger partial charge in [0.1, 0.15) is 9.75 Å². The number of hydrogen-bond acceptors (Lipinski definition) is 4. The number of hydrogen-bond donors (Lipinski definition) is 1. The molecule has 0 saturated heterocycles. The lowest BCUT2D eigenvalue weighted by Gasteiger charge is -2.33. The smallest absolute Gasteiger partial charge is 0.206 e. The number of halogens is 1. The van der Waals surface area contributed by atoms with E-state index in [1.165, 1.54) is 0 Å². The highest BCUT2D eigenvalue weighted by molar-refractivity contribution is 7.91. The Hall–Kier alpha value is -0.610. The SMILES string of the molecule is Cc1cc(S(=O)(=O)NC2(C#N)CCC(C)CC2)sc1Cl. The zero-order chi connectivity index (χ0) is 15.0. The van der Waals surface area contributed by atoms with E-state index in [1.54, 1.807) is 13.0 Å². The van der Waals surface area contributed by atoms with E-state index in [9.17, 15) is 13.7 Å². The predicted octanol–water partition coefficient (Wildman–Crippen LogP) is 3.46. The van der Waals surface area contributed by atoms with Crippen LogP contribution < -0.4 is 4.72 Å². The lowest BCUT2D eigenvalue weighted by Crippen LogP contribution is -2.49. The minimum absolute atomic E-state index is 0.174. The van der Waals surface area contributed by atoms with E-state index in [0.29, 0.717) is 23.1 Å². The Labute approximate surface area is 128 Å². The molecule has 1 aliphatic rings. The van der Waals surface area contributed by atoms with Gasteiger partial charge in [0.05, 0.1) is 10.4 Å². The van der Waals surface area contributed by atoms with Gasteiger partial charge in [-0.2, -0.15) is 9.98 Å². The van der Waals surface area contributed by atoms with Crippen molar-refractivity contribution in [3.63, 3.8) is 0 Å². The minimum Gasteiger partial charge on any atom is -0.206 e. The quantitative estimate of drug-likeness (QED) is 0.921. The number of nitrogens with zero attached hydrogens (tertiary/aromatic N) is 1. The molecule has 1 aromatic rings. The molecule has 0 atom stereocenters. The van der Waals surface area contributed by atoms with Gasteiger partial charge in [0, 0.05) is 0 Å². The van der Waals surface area contributed by atoms with Gasteiger partial charge in [0.25, 0.3) is 10.0 Å². The Morgan fingerprint density at radius 3 is 2.55 bits per heavy atom. The number of nitriles is 1. The first-order chi connectivity index (χ1) is 9.28. The fourth-order valence-electron chi connectivity index (χ4n) is 2.36. The van der Waals surface area contributed by atoms with Crippen molar-refractivity contribution in [1.29, 1.82) is 5.26 Å². The lowest BCUT2D eigenvalue weighted by atomic mass is 9.79. The number of rotatable bonds is 3. The van der Waals surface area contributed by atoms with Gasteiger partial charge in [-0.1, -0.05) is 18.5 Å². The van der Waals surface area contributed by atoms with Crippen molar-refractivity contribution in [2.75, 3.05) is 0 Å². The van der Waals surface area contributed by atoms with Crippen LogP contribution in [0, 0.1) is 24.2 Å². The highest BCUT2D eigenvalue weighted by Crippen LogP contribution is 2.35. The van der Waals surface area contributed by atoms with E-state index in [0.717, 1.165) is 29.7 Å². The second-order valence-electron chi connectivity index (χ2n) is 5.50. The highest BCUT2D eigenvalue weighted by Gasteiger charge is 2.38. The van der Waals surface area contributed by atoms with Gasteiger partial charge in [0.2, 0.25) is 0 Å². The summed E-state index contributed by atoms with van der Waals surface area (Å²) in [6, 6.07) is 3.71. The van der Waals surface area contributed by atoms with Crippen LogP contribution in [0.15, 0.2) is 10.3 Å². The monoisotopic (exact) mass is 332 g/mol. The molecule has 1 heterocycles. The van der Waals surface area contributed by atoms with Crippen LogP contribution in [0.4, 0.5) is 0 Å². The molecule has 0 amide bonds. The molecule has 4 nitrogen and oxygen atoms in total. The molecule has 0 unspecified atom stereocenters. The first-order valence-electron chi connectivity index (χ1n) is 6.49. The van der Waals surface area contributed by atoms with Crippen molar-refractivity contribution < 1.29 is 8.42 Å². The van der Waals surface area contributed by atoms with Gasteiger partial charge in [0.15, 0.2) is 0 Å². The van der Waals surface area contributed by atoms with E-state index >= 15 is 0 Å². The van der Waals surface area contributed by atoms with Crippen molar-refractivity contribution in [3.05, 3.63) is 16.0 Å². The maximum absolute atomic E-state index is 12.4. The third-order valence-electron chi connectivity index (χ3n) is 3.77. The van der Waals surface area contributed by atoms with E-state index in [1.807, 2.05) is 0 Å². The Kier molecular flexibility index (Phi) is 4.45. The largest absolute Gasteiger partial charge is 0.251 e. The maximum atomic E-state index is 12.4. The van der Waals surface area contributed by atoms with Gasteiger partial charge in [-0.15, -0.1) is 11.3 Å². The fourth-order valence-corrected chi connectivity index (χ4v) is 5.45. The summed E-state index contributed by atoms with van der Waals surface area (Å²) in [4.78, 5) is 0. The summed E-state index contributed by atoms with van der Waals surface area (Å²) in [6.45, 7) is 3.89. The maximum Gasteiger partial charge on any atom is 0.251 e. The third-order valence-corrected chi connectivity index (χ3v) is 7.34. The Morgan fingerprint density at radius 2 is 2.10 bits per heavy atom. The molecule has 0 spiro atoms. The second-order valence-corrected chi connectivity index (χ2v) is 9.07. The first kappa shape index (κ1) is 15.8. The molecule has 110 valence electrons. The molecule has 0 bridgehead atoms. The molecule has 2 rings (SSSR count). The summed E-state index contributed by atoms with van der Waals surface area (Å²) >= 11 is 6.95. The van der Waals surface area contributed by atoms with Crippen LogP contribution in [0.5, 0.6) is 0 Å². The molecule has 1 aliphatic carbocycles. The number of thiophene rings is 1. The predicted molar refractivity (Wildman–Crippen MR) is 80.4 cm³/mol. The Bertz CT molecular complexity index is 618. The summed E-state index contributed by atoms with van der Waals surface area (Å²) in [7, 11) is -3.69. The fraction of sp³-hybridized carbons (Fsp3) is 0.615. The average molecular weight is 333 g/mol. The molecule has 0 aromatic carbocycles. The van der Waals surface area contributed by atoms with Crippen molar-refractivity contribution in [1.82, 2.24) is 4.72 Å². The molecule has 1 saturated carbocycles. The third kappa shape index (κ3) is 3.17. The van der Waals surface area contributed by atoms with Crippen molar-refractivity contribution in [2.45, 2.75) is 49.3 Å². The van der Waals surface area contributed by atoms with Crippen molar-refractivity contribution in [2.24, 2.45) is 5.92 Å². The average Bonchev–Trinajstić information content (AvgIpc) is 2.74. The van der Waals surface area contributed by atoms with Crippen molar-refractivity contribution >= 4 is 33.0 Å². The second kappa shape index (κ2) is 5.64. The standard InChI is InChI=1S/C13H17ClN2O2S2/c1-9-3-5-13(8-15,6-4-9)16-20(17,18)11-7-10(2)12(14)19-11/h7,9,16H,3-6H2,1-2H3. The minimum atomic E-state index is -3.69. The van der Waals surface area contributed by atoms with Crippen LogP contribution in [-0.4, -0.2) is 14.0 Å². The number of aryl methyl sites for hydroxylation is 1. The summed E-state index contributed by atoms with van der Waals surface area (Å²) in [5.74, 6) is 0.541. The Balaban J connectivity index is 2.25. The summed E-state index contributed by atoms with van der Waals surface area (Å²) < 4.78 is 28.0. The molecule has 0 aliphatic heterocycles. The van der Waals surface area contributed by atoms with Gasteiger partial charge in [-0.25, -0.2) is 8.42 Å². The molecule has 1 N–H and O–H groups in total. The van der Waals surface area contributed by atoms with Gasteiger partial charge in [-0.3, -0.25) is 0 Å². The van der Waals surface area contributed by atoms with Gasteiger partial charge < -0.3 is 0 Å². The Morgan fingerprint density at radius 1 is 1.50 bits per heavy atom. The summed E-state index contributed by atoms with van der Waals surface area (Å²) in [5.41, 5.74) is -0.240. The lowest BCUT2D eigenvalue weighted by molar-refractivity contribution is 0.278. The molecule has 0 radical (unpaired) electrons. The van der Waals surface area contributed by atoms with E-state index in [2.05, 4.69) is 17.7 Å². The zero-order valence-electron chi connectivity index (χ0n) is 11.4. The van der Waals surface area contributed by atoms with Crippen LogP contribution in [0.1, 0.15) is 38.2 Å². The number of sulfonamides is 1. The van der Waals surface area contributed by atoms with E-state index in [4.69, 9.17) is 11.6 Å². The molecular weight excluding hydrogens is 316 g/mol. The van der Waals surface area contributed by atoms with E-state index in [-0.39, 0.29) is 4.21 Å². The molecule has 7 heteroatoms. The molecule has 1 fully saturated rings. The highest BCUT2D eigenvalue weighted by atomic mass is 35.5. The van der Waals surface area contributed by atoms with Gasteiger partial charge >= 0.3 is 0 Å². The van der Waals surface area contributed by atoms with Crippen LogP contribution in [0.2, 0.25) is 4.34 Å². The summed E-state index contributed by atoms with van der Waals surface area (Å²) in [6.07, 6.45) is 2.84. The number of nitrogens with one attached hydrogen (secondary N) is 1. The van der Waals surface area contributed by atoms with E-state index < -0.39 is 15.6 Å². The van der Waals surface area contributed by atoms with Crippen LogP contribution in [0.3, 0.4) is 0 Å². The first-order valence-corrected chi connectivity index (χ1v) is 9.17. The zero-order valence-corrected chi connectivity index (χ0v) is 13.8.